The van der Waals surface area contributed by atoms with Crippen molar-refractivity contribution in [3.8, 4) is 6.07 Å². The Kier molecular flexibility index (Phi) is 3.50. The van der Waals surface area contributed by atoms with Gasteiger partial charge in [0.05, 0.1) is 18.1 Å². The fraction of sp³-hybridized carbons (Fsp3) is 0.333. The summed E-state index contributed by atoms with van der Waals surface area (Å²) in [7, 11) is 0. The first-order valence-electron chi connectivity index (χ1n) is 4.29. The maximum Gasteiger partial charge on any atom is 0.416 e. The van der Waals surface area contributed by atoms with Crippen LogP contribution < -0.4 is 5.73 Å². The zero-order valence-corrected chi connectivity index (χ0v) is 8.22. The number of hydrogen-bond acceptors (Lipinski definition) is 3. The van der Waals surface area contributed by atoms with Crippen LogP contribution in [0.4, 0.5) is 27.8 Å². The molecule has 0 spiro atoms. The van der Waals surface area contributed by atoms with E-state index in [9.17, 15) is 22.0 Å². The molecule has 1 aromatic rings. The number of nitriles is 1. The van der Waals surface area contributed by atoms with Gasteiger partial charge in [0.1, 0.15) is 11.5 Å². The van der Waals surface area contributed by atoms with Crippen LogP contribution in [0.5, 0.6) is 0 Å². The van der Waals surface area contributed by atoms with E-state index in [1.54, 1.807) is 0 Å². The summed E-state index contributed by atoms with van der Waals surface area (Å²) in [5, 5.41) is 8.36. The molecular weight excluding hydrogens is 245 g/mol. The minimum atomic E-state index is -4.85. The van der Waals surface area contributed by atoms with E-state index in [0.29, 0.717) is 0 Å². The maximum atomic E-state index is 12.6. The molecule has 0 aliphatic carbocycles. The summed E-state index contributed by atoms with van der Waals surface area (Å²) in [6.07, 6.45) is -8.65. The summed E-state index contributed by atoms with van der Waals surface area (Å²) < 4.78 is 62.2. The molecular formula is C9H6F5N3. The first-order chi connectivity index (χ1) is 7.77. The molecule has 0 aromatic carbocycles. The zero-order chi connectivity index (χ0) is 13.2. The second-order valence-corrected chi connectivity index (χ2v) is 3.09. The second-order valence-electron chi connectivity index (χ2n) is 3.09. The molecule has 0 fully saturated rings. The van der Waals surface area contributed by atoms with Crippen molar-refractivity contribution >= 4 is 5.82 Å². The molecule has 0 saturated heterocycles. The van der Waals surface area contributed by atoms with E-state index in [-0.39, 0.29) is 6.07 Å². The highest BCUT2D eigenvalue weighted by atomic mass is 19.4. The number of aromatic nitrogens is 1. The predicted octanol–water partition coefficient (Wildman–Crippen LogP) is 2.69. The molecule has 0 atom stereocenters. The van der Waals surface area contributed by atoms with Gasteiger partial charge in [0.2, 0.25) is 0 Å². The van der Waals surface area contributed by atoms with Crippen molar-refractivity contribution in [1.29, 1.82) is 5.26 Å². The highest BCUT2D eigenvalue weighted by Gasteiger charge is 2.35. The van der Waals surface area contributed by atoms with E-state index < -0.39 is 41.7 Å². The van der Waals surface area contributed by atoms with Crippen LogP contribution >= 0.6 is 0 Å². The van der Waals surface area contributed by atoms with Crippen LogP contribution in [0.3, 0.4) is 0 Å². The minimum absolute atomic E-state index is 0.216. The topological polar surface area (TPSA) is 62.7 Å². The molecule has 0 saturated carbocycles. The Hall–Kier alpha value is -1.91. The summed E-state index contributed by atoms with van der Waals surface area (Å²) in [5.74, 6) is -0.698. The molecule has 0 aliphatic rings. The SMILES string of the molecule is N#CCc1c(C(F)(F)F)cc(C(F)F)nc1N. The van der Waals surface area contributed by atoms with Crippen molar-refractivity contribution < 1.29 is 22.0 Å². The van der Waals surface area contributed by atoms with Crippen molar-refractivity contribution in [2.45, 2.75) is 19.0 Å². The Morgan fingerprint density at radius 3 is 2.41 bits per heavy atom. The number of halogens is 5. The molecule has 1 rings (SSSR count). The van der Waals surface area contributed by atoms with Gasteiger partial charge in [0.25, 0.3) is 6.43 Å². The van der Waals surface area contributed by atoms with E-state index in [0.717, 1.165) is 0 Å². The van der Waals surface area contributed by atoms with Gasteiger partial charge in [0.15, 0.2) is 0 Å². The van der Waals surface area contributed by atoms with Gasteiger partial charge in [-0.3, -0.25) is 0 Å². The number of rotatable bonds is 2. The Labute approximate surface area is 92.7 Å². The lowest BCUT2D eigenvalue weighted by molar-refractivity contribution is -0.138. The summed E-state index contributed by atoms with van der Waals surface area (Å²) in [6, 6.07) is 1.69. The van der Waals surface area contributed by atoms with Crippen molar-refractivity contribution in [3.63, 3.8) is 0 Å². The molecule has 1 aromatic heterocycles. The molecule has 3 nitrogen and oxygen atoms in total. The predicted molar refractivity (Wildman–Crippen MR) is 47.9 cm³/mol. The molecule has 0 unspecified atom stereocenters. The molecule has 17 heavy (non-hydrogen) atoms. The third kappa shape index (κ3) is 2.81. The number of pyridine rings is 1. The summed E-state index contributed by atoms with van der Waals surface area (Å²) in [6.45, 7) is 0. The molecule has 8 heteroatoms. The molecule has 0 aliphatic heterocycles. The van der Waals surface area contributed by atoms with Crippen molar-refractivity contribution in [2.24, 2.45) is 0 Å². The van der Waals surface area contributed by atoms with Crippen molar-refractivity contribution in [1.82, 2.24) is 4.98 Å². The average Bonchev–Trinajstić information content (AvgIpc) is 2.18. The van der Waals surface area contributed by atoms with Crippen LogP contribution in [-0.2, 0) is 12.6 Å². The third-order valence-corrected chi connectivity index (χ3v) is 1.96. The Morgan fingerprint density at radius 2 is 2.00 bits per heavy atom. The van der Waals surface area contributed by atoms with Crippen LogP contribution in [0.25, 0.3) is 0 Å². The van der Waals surface area contributed by atoms with Gasteiger partial charge in [0, 0.05) is 5.56 Å². The minimum Gasteiger partial charge on any atom is -0.383 e. The van der Waals surface area contributed by atoms with Crippen LogP contribution in [0, 0.1) is 11.3 Å². The van der Waals surface area contributed by atoms with Gasteiger partial charge in [-0.05, 0) is 6.07 Å². The largest absolute Gasteiger partial charge is 0.416 e. The van der Waals surface area contributed by atoms with Crippen LogP contribution in [-0.4, -0.2) is 4.98 Å². The van der Waals surface area contributed by atoms with Gasteiger partial charge in [-0.1, -0.05) is 0 Å². The van der Waals surface area contributed by atoms with E-state index >= 15 is 0 Å². The Balaban J connectivity index is 3.46. The van der Waals surface area contributed by atoms with Crippen LogP contribution in [0.1, 0.15) is 23.2 Å². The van der Waals surface area contributed by atoms with Gasteiger partial charge in [-0.15, -0.1) is 0 Å². The quantitative estimate of drug-likeness (QED) is 0.822. The molecule has 0 bridgehead atoms. The average molecular weight is 251 g/mol. The number of nitrogens with zero attached hydrogens (tertiary/aromatic N) is 2. The van der Waals surface area contributed by atoms with Crippen molar-refractivity contribution in [3.05, 3.63) is 22.9 Å². The van der Waals surface area contributed by atoms with Crippen molar-refractivity contribution in [2.75, 3.05) is 5.73 Å². The monoisotopic (exact) mass is 251 g/mol. The number of alkyl halides is 5. The van der Waals surface area contributed by atoms with Gasteiger partial charge >= 0.3 is 6.18 Å². The molecule has 92 valence electrons. The van der Waals surface area contributed by atoms with Crippen LogP contribution in [0.15, 0.2) is 6.07 Å². The van der Waals surface area contributed by atoms with E-state index in [2.05, 4.69) is 4.98 Å². The number of nitrogens with two attached hydrogens (primary N) is 1. The van der Waals surface area contributed by atoms with E-state index in [1.165, 1.54) is 6.07 Å². The third-order valence-electron chi connectivity index (χ3n) is 1.96. The highest BCUT2D eigenvalue weighted by molar-refractivity contribution is 5.49. The molecule has 1 heterocycles. The van der Waals surface area contributed by atoms with Gasteiger partial charge < -0.3 is 5.73 Å². The number of anilines is 1. The fourth-order valence-corrected chi connectivity index (χ4v) is 1.24. The number of nitrogen functional groups attached to an aromatic ring is 1. The zero-order valence-electron chi connectivity index (χ0n) is 8.22. The molecule has 2 N–H and O–H groups in total. The fourth-order valence-electron chi connectivity index (χ4n) is 1.24. The van der Waals surface area contributed by atoms with E-state index in [4.69, 9.17) is 11.0 Å². The van der Waals surface area contributed by atoms with Gasteiger partial charge in [-0.2, -0.15) is 18.4 Å². The first-order valence-corrected chi connectivity index (χ1v) is 4.29. The lowest BCUT2D eigenvalue weighted by Gasteiger charge is -2.14. The second kappa shape index (κ2) is 4.53. The first kappa shape index (κ1) is 13.2. The Morgan fingerprint density at radius 1 is 1.41 bits per heavy atom. The van der Waals surface area contributed by atoms with Crippen LogP contribution in [0.2, 0.25) is 0 Å². The highest BCUT2D eigenvalue weighted by Crippen LogP contribution is 2.36. The maximum absolute atomic E-state index is 12.6. The smallest absolute Gasteiger partial charge is 0.383 e. The standard InChI is InChI=1S/C9H6F5N3/c10-7(11)6-3-5(9(12,13)14)4(1-2-15)8(16)17-6/h3,7H,1H2,(H2,16,17). The number of hydrogen-bond donors (Lipinski definition) is 1. The van der Waals surface area contributed by atoms with E-state index in [1.807, 2.05) is 0 Å². The lowest BCUT2D eigenvalue weighted by Crippen LogP contribution is -2.14. The normalized spacial score (nSPS) is 11.6. The summed E-state index contributed by atoms with van der Waals surface area (Å²) in [5.41, 5.74) is 2.16. The summed E-state index contributed by atoms with van der Waals surface area (Å²) >= 11 is 0. The Bertz CT molecular complexity index is 461. The van der Waals surface area contributed by atoms with Gasteiger partial charge in [-0.25, -0.2) is 13.8 Å². The molecule has 0 radical (unpaired) electrons. The lowest BCUT2D eigenvalue weighted by atomic mass is 10.0. The summed E-state index contributed by atoms with van der Waals surface area (Å²) in [4.78, 5) is 3.14. The molecule has 0 amide bonds.